The Balaban J connectivity index is 2.06. The van der Waals surface area contributed by atoms with Crippen LogP contribution < -0.4 is 0 Å². The van der Waals surface area contributed by atoms with E-state index >= 15 is 0 Å². The van der Waals surface area contributed by atoms with E-state index in [1.54, 1.807) is 25.7 Å². The molecular formula is C17H21ClFNO3. The van der Waals surface area contributed by atoms with Crippen LogP contribution >= 0.6 is 11.6 Å². The van der Waals surface area contributed by atoms with Gasteiger partial charge in [-0.15, -0.1) is 0 Å². The number of hydrogen-bond acceptors (Lipinski definition) is 3. The highest BCUT2D eigenvalue weighted by Crippen LogP contribution is 2.25. The first-order chi connectivity index (χ1) is 10.7. The maximum Gasteiger partial charge on any atom is 0.410 e. The summed E-state index contributed by atoms with van der Waals surface area (Å²) in [5, 5.41) is 0.184. The number of Topliss-reactive ketones (excluding diaryl/α,β-unsaturated/α-hetero) is 1. The van der Waals surface area contributed by atoms with E-state index in [0.29, 0.717) is 6.54 Å². The predicted molar refractivity (Wildman–Crippen MR) is 86.3 cm³/mol. The van der Waals surface area contributed by atoms with Crippen molar-refractivity contribution in [3.8, 4) is 0 Å². The van der Waals surface area contributed by atoms with Gasteiger partial charge in [0.15, 0.2) is 5.78 Å². The molecule has 23 heavy (non-hydrogen) atoms. The first kappa shape index (κ1) is 17.7. The van der Waals surface area contributed by atoms with Gasteiger partial charge in [-0.25, -0.2) is 9.18 Å². The van der Waals surface area contributed by atoms with Crippen molar-refractivity contribution < 1.29 is 18.7 Å². The van der Waals surface area contributed by atoms with Gasteiger partial charge in [-0.2, -0.15) is 0 Å². The summed E-state index contributed by atoms with van der Waals surface area (Å²) in [6.45, 7) is 5.97. The highest BCUT2D eigenvalue weighted by Gasteiger charge is 2.33. The smallest absolute Gasteiger partial charge is 0.410 e. The van der Waals surface area contributed by atoms with Gasteiger partial charge in [0.25, 0.3) is 0 Å². The zero-order valence-corrected chi connectivity index (χ0v) is 14.3. The lowest BCUT2D eigenvalue weighted by atomic mass is 10.0. The molecule has 6 heteroatoms. The monoisotopic (exact) mass is 341 g/mol. The molecule has 126 valence electrons. The summed E-state index contributed by atoms with van der Waals surface area (Å²) in [7, 11) is 0. The molecule has 2 rings (SSSR count). The van der Waals surface area contributed by atoms with Crippen molar-refractivity contribution in [1.29, 1.82) is 0 Å². The average molecular weight is 342 g/mol. The molecular weight excluding hydrogens is 321 g/mol. The van der Waals surface area contributed by atoms with Gasteiger partial charge in [-0.1, -0.05) is 11.6 Å². The van der Waals surface area contributed by atoms with Crippen molar-refractivity contribution in [3.63, 3.8) is 0 Å². The third kappa shape index (κ3) is 4.93. The van der Waals surface area contributed by atoms with Crippen LogP contribution in [0.25, 0.3) is 0 Å². The van der Waals surface area contributed by atoms with E-state index in [1.165, 1.54) is 12.1 Å². The molecule has 1 aromatic rings. The quantitative estimate of drug-likeness (QED) is 0.763. The third-order valence-electron chi connectivity index (χ3n) is 3.61. The third-order valence-corrected chi connectivity index (χ3v) is 3.83. The average Bonchev–Trinajstić information content (AvgIpc) is 2.83. The molecule has 0 radical (unpaired) electrons. The molecule has 1 aromatic carbocycles. The number of carbonyl (C=O) groups is 2. The topological polar surface area (TPSA) is 46.6 Å². The van der Waals surface area contributed by atoms with Crippen molar-refractivity contribution >= 4 is 23.5 Å². The van der Waals surface area contributed by atoms with E-state index in [-0.39, 0.29) is 28.8 Å². The number of carbonyl (C=O) groups excluding carboxylic acids is 2. The first-order valence-electron chi connectivity index (χ1n) is 7.64. The molecule has 1 heterocycles. The summed E-state index contributed by atoms with van der Waals surface area (Å²) < 4.78 is 18.7. The maximum atomic E-state index is 13.4. The number of likely N-dealkylation sites (tertiary alicyclic amines) is 1. The Hall–Kier alpha value is -1.62. The van der Waals surface area contributed by atoms with Crippen molar-refractivity contribution in [2.75, 3.05) is 6.54 Å². The largest absolute Gasteiger partial charge is 0.444 e. The molecule has 1 aliphatic rings. The number of ketones is 1. The number of hydrogen-bond donors (Lipinski definition) is 0. The number of nitrogens with zero attached hydrogens (tertiary/aromatic N) is 1. The second-order valence-corrected chi connectivity index (χ2v) is 7.19. The highest BCUT2D eigenvalue weighted by molar-refractivity contribution is 6.31. The summed E-state index contributed by atoms with van der Waals surface area (Å²) in [4.78, 5) is 26.2. The summed E-state index contributed by atoms with van der Waals surface area (Å²) in [5.41, 5.74) is -0.351. The number of benzene rings is 1. The van der Waals surface area contributed by atoms with E-state index in [9.17, 15) is 14.0 Å². The van der Waals surface area contributed by atoms with Crippen LogP contribution in [-0.4, -0.2) is 35.0 Å². The normalized spacial score (nSPS) is 18.1. The van der Waals surface area contributed by atoms with E-state index in [4.69, 9.17) is 16.3 Å². The van der Waals surface area contributed by atoms with Gasteiger partial charge < -0.3 is 9.64 Å². The molecule has 1 aliphatic heterocycles. The van der Waals surface area contributed by atoms with Gasteiger partial charge in [0.05, 0.1) is 0 Å². The Bertz CT molecular complexity index is 592. The van der Waals surface area contributed by atoms with E-state index in [0.717, 1.165) is 18.9 Å². The Morgan fingerprint density at radius 2 is 2.04 bits per heavy atom. The van der Waals surface area contributed by atoms with Gasteiger partial charge in [0.1, 0.15) is 11.4 Å². The van der Waals surface area contributed by atoms with Gasteiger partial charge in [0, 0.05) is 29.6 Å². The summed E-state index contributed by atoms with van der Waals surface area (Å²) in [6, 6.07) is 3.54. The molecule has 0 spiro atoms. The summed E-state index contributed by atoms with van der Waals surface area (Å²) in [5.74, 6) is -0.775. The molecule has 1 fully saturated rings. The van der Waals surface area contributed by atoms with Gasteiger partial charge in [-0.05, 0) is 51.8 Å². The van der Waals surface area contributed by atoms with E-state index in [2.05, 4.69) is 0 Å². The fourth-order valence-corrected chi connectivity index (χ4v) is 2.88. The fourth-order valence-electron chi connectivity index (χ4n) is 2.66. The molecule has 1 saturated heterocycles. The fraction of sp³-hybridized carbons (Fsp3) is 0.529. The van der Waals surface area contributed by atoms with Crippen molar-refractivity contribution in [2.24, 2.45) is 0 Å². The lowest BCUT2D eigenvalue weighted by Gasteiger charge is -2.28. The number of rotatable bonds is 3. The zero-order valence-electron chi connectivity index (χ0n) is 13.6. The molecule has 1 atom stereocenters. The second kappa shape index (κ2) is 6.87. The summed E-state index contributed by atoms with van der Waals surface area (Å²) in [6.07, 6.45) is 1.28. The van der Waals surface area contributed by atoms with E-state index in [1.807, 2.05) is 0 Å². The summed E-state index contributed by atoms with van der Waals surface area (Å²) >= 11 is 5.79. The van der Waals surface area contributed by atoms with Crippen molar-refractivity contribution in [1.82, 2.24) is 4.90 Å². The second-order valence-electron chi connectivity index (χ2n) is 6.76. The van der Waals surface area contributed by atoms with Gasteiger partial charge >= 0.3 is 6.09 Å². The minimum atomic E-state index is -0.579. The minimum absolute atomic E-state index is 0.138. The van der Waals surface area contributed by atoms with Crippen molar-refractivity contribution in [3.05, 3.63) is 34.6 Å². The number of ether oxygens (including phenoxy) is 1. The Labute approximate surface area is 140 Å². The lowest BCUT2D eigenvalue weighted by molar-refractivity contribution is 0.0223. The van der Waals surface area contributed by atoms with Crippen LogP contribution in [0.3, 0.4) is 0 Å². The predicted octanol–water partition coefficient (Wildman–Crippen LogP) is 4.45. The molecule has 0 N–H and O–H groups in total. The van der Waals surface area contributed by atoms with Crippen LogP contribution in [0.1, 0.15) is 50.4 Å². The maximum absolute atomic E-state index is 13.4. The SMILES string of the molecule is CC(C)(C)OC(=O)N1CCC[C@H]1CC(=O)c1cc(F)cc(Cl)c1. The Morgan fingerprint density at radius 1 is 1.35 bits per heavy atom. The molecule has 4 nitrogen and oxygen atoms in total. The number of amides is 1. The van der Waals surface area contributed by atoms with Gasteiger partial charge in [0.2, 0.25) is 0 Å². The lowest BCUT2D eigenvalue weighted by Crippen LogP contribution is -2.40. The molecule has 1 amide bonds. The Kier molecular flexibility index (Phi) is 5.30. The van der Waals surface area contributed by atoms with Crippen molar-refractivity contribution in [2.45, 2.75) is 51.7 Å². The number of halogens is 2. The zero-order chi connectivity index (χ0) is 17.2. The molecule has 0 saturated carbocycles. The highest BCUT2D eigenvalue weighted by atomic mass is 35.5. The van der Waals surface area contributed by atoms with E-state index < -0.39 is 17.5 Å². The molecule has 0 aliphatic carbocycles. The minimum Gasteiger partial charge on any atom is -0.444 e. The first-order valence-corrected chi connectivity index (χ1v) is 8.02. The van der Waals surface area contributed by atoms with Crippen LogP contribution in [0.2, 0.25) is 5.02 Å². The molecule has 0 bridgehead atoms. The van der Waals surface area contributed by atoms with Crippen LogP contribution in [0.15, 0.2) is 18.2 Å². The Morgan fingerprint density at radius 3 is 2.65 bits per heavy atom. The standard InChI is InChI=1S/C17H21ClFNO3/c1-17(2,3)23-16(22)20-6-4-5-14(20)10-15(21)11-7-12(18)9-13(19)8-11/h7-9,14H,4-6,10H2,1-3H3/t14-/m0/s1. The van der Waals surface area contributed by atoms with Crippen LogP contribution in [0.5, 0.6) is 0 Å². The van der Waals surface area contributed by atoms with Crippen LogP contribution in [0.4, 0.5) is 9.18 Å². The van der Waals surface area contributed by atoms with Gasteiger partial charge in [-0.3, -0.25) is 4.79 Å². The van der Waals surface area contributed by atoms with Crippen LogP contribution in [-0.2, 0) is 4.74 Å². The van der Waals surface area contributed by atoms with Crippen LogP contribution in [0, 0.1) is 5.82 Å². The molecule has 0 aromatic heterocycles. The molecule has 0 unspecified atom stereocenters.